The van der Waals surface area contributed by atoms with Gasteiger partial charge < -0.3 is 0 Å². The van der Waals surface area contributed by atoms with Crippen molar-refractivity contribution in [3.8, 4) is 11.4 Å². The van der Waals surface area contributed by atoms with Gasteiger partial charge in [-0.1, -0.05) is 0 Å². The van der Waals surface area contributed by atoms with Crippen LogP contribution in [0, 0.1) is 0 Å². The number of rotatable bonds is 3. The monoisotopic (exact) mass is 381 g/mol. The molecule has 4 heterocycles. The summed E-state index contributed by atoms with van der Waals surface area (Å²) >= 11 is 3.48. The zero-order valence-corrected chi connectivity index (χ0v) is 14.6. The molecule has 3 aromatic heterocycles. The van der Waals surface area contributed by atoms with E-state index in [1.807, 2.05) is 30.7 Å². The Hall–Kier alpha value is -2.18. The van der Waals surface area contributed by atoms with Gasteiger partial charge in [-0.25, -0.2) is 9.97 Å². The van der Waals surface area contributed by atoms with Crippen LogP contribution in [0.4, 0.5) is 0 Å². The lowest BCUT2D eigenvalue weighted by Gasteiger charge is -2.28. The third-order valence-electron chi connectivity index (χ3n) is 4.10. The van der Waals surface area contributed by atoms with Crippen molar-refractivity contribution < 1.29 is 0 Å². The van der Waals surface area contributed by atoms with Gasteiger partial charge in [0.1, 0.15) is 0 Å². The quantitative estimate of drug-likeness (QED) is 0.696. The molecule has 1 aliphatic rings. The number of halogens is 1. The molecule has 120 valence electrons. The normalized spacial score (nSPS) is 14.4. The highest BCUT2D eigenvalue weighted by Gasteiger charge is 2.19. The number of hydrogen-bond donors (Lipinski definition) is 0. The van der Waals surface area contributed by atoms with Gasteiger partial charge in [0, 0.05) is 72.6 Å². The second kappa shape index (κ2) is 6.75. The molecule has 0 N–H and O–H groups in total. The Labute approximate surface area is 149 Å². The fraction of sp³-hybridized carbons (Fsp3) is 0.222. The molecule has 4 rings (SSSR count). The average molecular weight is 382 g/mol. The van der Waals surface area contributed by atoms with E-state index in [1.165, 1.54) is 11.1 Å². The molecule has 0 radical (unpaired) electrons. The van der Waals surface area contributed by atoms with Crippen LogP contribution in [0.15, 0.2) is 53.7 Å². The number of aromatic nitrogens is 4. The second-order valence-corrected chi connectivity index (χ2v) is 6.79. The SMILES string of the molecule is Brc1cncc(CN2CCc3nc(-c4cccnc4)ncc3C2)c1. The minimum atomic E-state index is 0.756. The lowest BCUT2D eigenvalue weighted by Crippen LogP contribution is -2.31. The van der Waals surface area contributed by atoms with Gasteiger partial charge in [0.05, 0.1) is 5.69 Å². The Morgan fingerprint density at radius 1 is 1.12 bits per heavy atom. The van der Waals surface area contributed by atoms with Crippen molar-refractivity contribution in [2.24, 2.45) is 0 Å². The molecule has 0 spiro atoms. The maximum atomic E-state index is 4.74. The van der Waals surface area contributed by atoms with Crippen LogP contribution in [0.1, 0.15) is 16.8 Å². The fourth-order valence-electron chi connectivity index (χ4n) is 2.94. The van der Waals surface area contributed by atoms with Gasteiger partial charge in [-0.3, -0.25) is 14.9 Å². The fourth-order valence-corrected chi connectivity index (χ4v) is 3.36. The molecule has 0 amide bonds. The molecular formula is C18H16BrN5. The van der Waals surface area contributed by atoms with Gasteiger partial charge in [0.15, 0.2) is 5.82 Å². The van der Waals surface area contributed by atoms with E-state index >= 15 is 0 Å². The molecule has 6 heteroatoms. The number of hydrogen-bond acceptors (Lipinski definition) is 5. The van der Waals surface area contributed by atoms with Crippen LogP contribution in [0.3, 0.4) is 0 Å². The van der Waals surface area contributed by atoms with Crippen LogP contribution in [-0.2, 0) is 19.5 Å². The lowest BCUT2D eigenvalue weighted by atomic mass is 10.1. The highest BCUT2D eigenvalue weighted by Crippen LogP contribution is 2.22. The summed E-state index contributed by atoms with van der Waals surface area (Å²) in [5.41, 5.74) is 4.52. The Morgan fingerprint density at radius 2 is 2.08 bits per heavy atom. The first-order valence-electron chi connectivity index (χ1n) is 7.85. The highest BCUT2D eigenvalue weighted by molar-refractivity contribution is 9.10. The van der Waals surface area contributed by atoms with Gasteiger partial charge in [-0.15, -0.1) is 0 Å². The van der Waals surface area contributed by atoms with E-state index in [0.717, 1.165) is 47.6 Å². The van der Waals surface area contributed by atoms with Crippen LogP contribution in [0.5, 0.6) is 0 Å². The first-order chi connectivity index (χ1) is 11.8. The van der Waals surface area contributed by atoms with Crippen LogP contribution in [0.2, 0.25) is 0 Å². The summed E-state index contributed by atoms with van der Waals surface area (Å²) in [4.78, 5) is 20.0. The summed E-state index contributed by atoms with van der Waals surface area (Å²) in [6.07, 6.45) is 10.2. The van der Waals surface area contributed by atoms with Crippen molar-refractivity contribution in [1.82, 2.24) is 24.8 Å². The van der Waals surface area contributed by atoms with Crippen molar-refractivity contribution in [2.75, 3.05) is 6.54 Å². The highest BCUT2D eigenvalue weighted by atomic mass is 79.9. The topological polar surface area (TPSA) is 54.8 Å². The van der Waals surface area contributed by atoms with Crippen LogP contribution < -0.4 is 0 Å². The Morgan fingerprint density at radius 3 is 2.92 bits per heavy atom. The van der Waals surface area contributed by atoms with E-state index in [4.69, 9.17) is 4.98 Å². The average Bonchev–Trinajstić information content (AvgIpc) is 2.62. The standard InChI is InChI=1S/C18H16BrN5/c19-16-6-13(7-21-10-16)11-24-5-3-17-15(12-24)9-22-18(23-17)14-2-1-4-20-8-14/h1-2,4,6-10H,3,5,11-12H2. The molecule has 3 aromatic rings. The van der Waals surface area contributed by atoms with Gasteiger partial charge in [0.2, 0.25) is 0 Å². The zero-order chi connectivity index (χ0) is 16.4. The smallest absolute Gasteiger partial charge is 0.160 e. The molecule has 0 fully saturated rings. The van der Waals surface area contributed by atoms with Crippen LogP contribution >= 0.6 is 15.9 Å². The molecule has 5 nitrogen and oxygen atoms in total. The van der Waals surface area contributed by atoms with E-state index < -0.39 is 0 Å². The predicted molar refractivity (Wildman–Crippen MR) is 95.0 cm³/mol. The van der Waals surface area contributed by atoms with Gasteiger partial charge in [-0.05, 0) is 39.7 Å². The summed E-state index contributed by atoms with van der Waals surface area (Å²) in [7, 11) is 0. The molecule has 0 aromatic carbocycles. The van der Waals surface area contributed by atoms with E-state index in [1.54, 1.807) is 12.4 Å². The summed E-state index contributed by atoms with van der Waals surface area (Å²) in [6.45, 7) is 2.74. The van der Waals surface area contributed by atoms with Crippen molar-refractivity contribution in [2.45, 2.75) is 19.5 Å². The molecule has 0 saturated carbocycles. The molecule has 0 saturated heterocycles. The van der Waals surface area contributed by atoms with E-state index in [9.17, 15) is 0 Å². The lowest BCUT2D eigenvalue weighted by molar-refractivity contribution is 0.242. The molecule has 24 heavy (non-hydrogen) atoms. The van der Waals surface area contributed by atoms with E-state index in [-0.39, 0.29) is 0 Å². The Kier molecular flexibility index (Phi) is 4.32. The molecular weight excluding hydrogens is 366 g/mol. The summed E-state index contributed by atoms with van der Waals surface area (Å²) in [5, 5.41) is 0. The number of nitrogens with zero attached hydrogens (tertiary/aromatic N) is 5. The molecule has 1 aliphatic heterocycles. The van der Waals surface area contributed by atoms with Gasteiger partial charge >= 0.3 is 0 Å². The van der Waals surface area contributed by atoms with Crippen molar-refractivity contribution >= 4 is 15.9 Å². The first kappa shape index (κ1) is 15.4. The third kappa shape index (κ3) is 3.34. The number of pyridine rings is 2. The number of fused-ring (bicyclic) bond motifs is 1. The molecule has 0 bridgehead atoms. The minimum absolute atomic E-state index is 0.756. The maximum Gasteiger partial charge on any atom is 0.160 e. The van der Waals surface area contributed by atoms with Crippen LogP contribution in [-0.4, -0.2) is 31.4 Å². The molecule has 0 atom stereocenters. The van der Waals surface area contributed by atoms with E-state index in [2.05, 4.69) is 41.8 Å². The minimum Gasteiger partial charge on any atom is -0.294 e. The molecule has 0 unspecified atom stereocenters. The van der Waals surface area contributed by atoms with Crippen molar-refractivity contribution in [3.63, 3.8) is 0 Å². The molecule has 0 aliphatic carbocycles. The zero-order valence-electron chi connectivity index (χ0n) is 13.1. The van der Waals surface area contributed by atoms with Gasteiger partial charge in [0.25, 0.3) is 0 Å². The third-order valence-corrected chi connectivity index (χ3v) is 4.53. The predicted octanol–water partition coefficient (Wildman–Crippen LogP) is 3.25. The second-order valence-electron chi connectivity index (χ2n) is 5.88. The van der Waals surface area contributed by atoms with E-state index in [0.29, 0.717) is 0 Å². The van der Waals surface area contributed by atoms with Crippen molar-refractivity contribution in [3.05, 3.63) is 70.5 Å². The van der Waals surface area contributed by atoms with Crippen LogP contribution in [0.25, 0.3) is 11.4 Å². The first-order valence-corrected chi connectivity index (χ1v) is 8.64. The Balaban J connectivity index is 1.52. The largest absolute Gasteiger partial charge is 0.294 e. The maximum absolute atomic E-state index is 4.74. The van der Waals surface area contributed by atoms with Crippen molar-refractivity contribution in [1.29, 1.82) is 0 Å². The summed E-state index contributed by atoms with van der Waals surface area (Å²) in [5.74, 6) is 0.756. The van der Waals surface area contributed by atoms with Gasteiger partial charge in [-0.2, -0.15) is 0 Å². The Bertz CT molecular complexity index is 853. The summed E-state index contributed by atoms with van der Waals surface area (Å²) < 4.78 is 1.02. The summed E-state index contributed by atoms with van der Waals surface area (Å²) in [6, 6.07) is 6.01.